The Labute approximate surface area is 134 Å². The molecule has 0 amide bonds. The fourth-order valence-corrected chi connectivity index (χ4v) is 3.89. The van der Waals surface area contributed by atoms with Crippen LogP contribution in [0, 0.1) is 11.8 Å². The maximum absolute atomic E-state index is 6.32. The topological polar surface area (TPSA) is 29.3 Å². The van der Waals surface area contributed by atoms with Gasteiger partial charge in [0.2, 0.25) is 0 Å². The Morgan fingerprint density at radius 3 is 2.71 bits per heavy atom. The molecule has 1 aromatic rings. The summed E-state index contributed by atoms with van der Waals surface area (Å²) in [5.41, 5.74) is 7.55. The highest BCUT2D eigenvalue weighted by Crippen LogP contribution is 2.39. The van der Waals surface area contributed by atoms with E-state index in [1.807, 2.05) is 12.1 Å². The fourth-order valence-electron chi connectivity index (χ4n) is 3.69. The van der Waals surface area contributed by atoms with Gasteiger partial charge in [0.05, 0.1) is 0 Å². The van der Waals surface area contributed by atoms with Crippen molar-refractivity contribution in [2.45, 2.75) is 51.6 Å². The molecule has 0 spiro atoms. The van der Waals surface area contributed by atoms with Crippen LogP contribution in [0.1, 0.15) is 45.1 Å². The molecule has 1 aliphatic carbocycles. The zero-order valence-electron chi connectivity index (χ0n) is 13.6. The molecule has 3 heteroatoms. The van der Waals surface area contributed by atoms with Gasteiger partial charge in [0.25, 0.3) is 0 Å². The predicted octanol–water partition coefficient (Wildman–Crippen LogP) is 4.32. The second kappa shape index (κ2) is 7.13. The summed E-state index contributed by atoms with van der Waals surface area (Å²) in [6.07, 6.45) is 5.04. The van der Waals surface area contributed by atoms with Gasteiger partial charge in [-0.25, -0.2) is 0 Å². The SMILES string of the molecule is CC(C)C1CCCC(CN)(N(C)Cc2ccccc2Cl)C1. The van der Waals surface area contributed by atoms with E-state index >= 15 is 0 Å². The van der Waals surface area contributed by atoms with Gasteiger partial charge in [-0.2, -0.15) is 0 Å². The van der Waals surface area contributed by atoms with Crippen molar-refractivity contribution in [2.24, 2.45) is 17.6 Å². The normalized spacial score (nSPS) is 26.5. The number of likely N-dealkylation sites (N-methyl/N-ethyl adjacent to an activating group) is 1. The van der Waals surface area contributed by atoms with E-state index in [9.17, 15) is 0 Å². The van der Waals surface area contributed by atoms with Crippen LogP contribution in [-0.4, -0.2) is 24.0 Å². The van der Waals surface area contributed by atoms with Crippen molar-refractivity contribution in [1.29, 1.82) is 0 Å². The molecule has 0 aliphatic heterocycles. The number of hydrogen-bond acceptors (Lipinski definition) is 2. The summed E-state index contributed by atoms with van der Waals surface area (Å²) in [6, 6.07) is 8.13. The molecular formula is C18H29ClN2. The predicted molar refractivity (Wildman–Crippen MR) is 91.5 cm³/mol. The average molecular weight is 309 g/mol. The van der Waals surface area contributed by atoms with Gasteiger partial charge in [-0.3, -0.25) is 4.90 Å². The van der Waals surface area contributed by atoms with E-state index in [1.165, 1.54) is 31.2 Å². The molecule has 118 valence electrons. The summed E-state index contributed by atoms with van der Waals surface area (Å²) in [5.74, 6) is 1.53. The lowest BCUT2D eigenvalue weighted by Crippen LogP contribution is -2.54. The summed E-state index contributed by atoms with van der Waals surface area (Å²) in [4.78, 5) is 2.45. The molecule has 0 aromatic heterocycles. The molecule has 21 heavy (non-hydrogen) atoms. The molecule has 1 saturated carbocycles. The highest BCUT2D eigenvalue weighted by atomic mass is 35.5. The van der Waals surface area contributed by atoms with E-state index in [0.29, 0.717) is 0 Å². The standard InChI is InChI=1S/C18H29ClN2/c1-14(2)15-8-6-10-18(11-15,13-20)21(3)12-16-7-4-5-9-17(16)19/h4-5,7,9,14-15H,6,8,10-13,20H2,1-3H3. The lowest BCUT2D eigenvalue weighted by atomic mass is 9.71. The van der Waals surface area contributed by atoms with Crippen LogP contribution in [0.15, 0.2) is 24.3 Å². The smallest absolute Gasteiger partial charge is 0.0451 e. The average Bonchev–Trinajstić information content (AvgIpc) is 2.49. The summed E-state index contributed by atoms with van der Waals surface area (Å²) < 4.78 is 0. The lowest BCUT2D eigenvalue weighted by Gasteiger charge is -2.47. The number of hydrogen-bond donors (Lipinski definition) is 1. The summed E-state index contributed by atoms with van der Waals surface area (Å²) in [6.45, 7) is 6.29. The first kappa shape index (κ1) is 16.8. The van der Waals surface area contributed by atoms with Gasteiger partial charge in [0.1, 0.15) is 0 Å². The monoisotopic (exact) mass is 308 g/mol. The molecule has 2 atom stereocenters. The molecule has 0 bridgehead atoms. The maximum Gasteiger partial charge on any atom is 0.0451 e. The van der Waals surface area contributed by atoms with Crippen molar-refractivity contribution >= 4 is 11.6 Å². The Balaban J connectivity index is 2.14. The number of rotatable bonds is 5. The van der Waals surface area contributed by atoms with E-state index in [-0.39, 0.29) is 5.54 Å². The number of halogens is 1. The van der Waals surface area contributed by atoms with Crippen molar-refractivity contribution in [2.75, 3.05) is 13.6 Å². The zero-order chi connectivity index (χ0) is 15.5. The second-order valence-corrected chi connectivity index (χ2v) is 7.38. The minimum absolute atomic E-state index is 0.131. The highest BCUT2D eigenvalue weighted by molar-refractivity contribution is 6.31. The Morgan fingerprint density at radius 2 is 2.10 bits per heavy atom. The first-order chi connectivity index (χ1) is 9.98. The van der Waals surface area contributed by atoms with E-state index in [1.54, 1.807) is 0 Å². The maximum atomic E-state index is 6.32. The molecule has 2 rings (SSSR count). The van der Waals surface area contributed by atoms with Gasteiger partial charge in [-0.05, 0) is 43.4 Å². The second-order valence-electron chi connectivity index (χ2n) is 6.98. The molecule has 0 radical (unpaired) electrons. The summed E-state index contributed by atoms with van der Waals surface area (Å²) in [5, 5.41) is 0.854. The summed E-state index contributed by atoms with van der Waals surface area (Å²) in [7, 11) is 2.21. The Kier molecular flexibility index (Phi) is 5.70. The molecule has 1 fully saturated rings. The van der Waals surface area contributed by atoms with Crippen LogP contribution in [-0.2, 0) is 6.54 Å². The van der Waals surface area contributed by atoms with Crippen molar-refractivity contribution in [3.05, 3.63) is 34.9 Å². The lowest BCUT2D eigenvalue weighted by molar-refractivity contribution is 0.0396. The third-order valence-electron chi connectivity index (χ3n) is 5.36. The van der Waals surface area contributed by atoms with Crippen LogP contribution in [0.3, 0.4) is 0 Å². The number of benzene rings is 1. The van der Waals surface area contributed by atoms with Gasteiger partial charge in [-0.1, -0.05) is 56.5 Å². The van der Waals surface area contributed by atoms with E-state index in [0.717, 1.165) is 29.9 Å². The minimum Gasteiger partial charge on any atom is -0.329 e. The molecule has 2 nitrogen and oxygen atoms in total. The fraction of sp³-hybridized carbons (Fsp3) is 0.667. The molecule has 0 heterocycles. The van der Waals surface area contributed by atoms with Gasteiger partial charge >= 0.3 is 0 Å². The van der Waals surface area contributed by atoms with Gasteiger partial charge in [-0.15, -0.1) is 0 Å². The number of nitrogens with zero attached hydrogens (tertiary/aromatic N) is 1. The van der Waals surface area contributed by atoms with Gasteiger partial charge in [0.15, 0.2) is 0 Å². The van der Waals surface area contributed by atoms with E-state index in [4.69, 9.17) is 17.3 Å². The molecule has 2 N–H and O–H groups in total. The first-order valence-corrected chi connectivity index (χ1v) is 8.51. The van der Waals surface area contributed by atoms with Crippen molar-refractivity contribution in [3.8, 4) is 0 Å². The van der Waals surface area contributed by atoms with Crippen LogP contribution in [0.5, 0.6) is 0 Å². The molecule has 1 aliphatic rings. The molecule has 0 saturated heterocycles. The van der Waals surface area contributed by atoms with Crippen LogP contribution >= 0.6 is 11.6 Å². The quantitative estimate of drug-likeness (QED) is 0.878. The Hall–Kier alpha value is -0.570. The third-order valence-corrected chi connectivity index (χ3v) is 5.73. The zero-order valence-corrected chi connectivity index (χ0v) is 14.4. The molecular weight excluding hydrogens is 280 g/mol. The van der Waals surface area contributed by atoms with Crippen molar-refractivity contribution < 1.29 is 0 Å². The Bertz CT molecular complexity index is 460. The van der Waals surface area contributed by atoms with Gasteiger partial charge in [0, 0.05) is 23.7 Å². The Morgan fingerprint density at radius 1 is 1.38 bits per heavy atom. The third kappa shape index (κ3) is 3.80. The van der Waals surface area contributed by atoms with Crippen LogP contribution in [0.25, 0.3) is 0 Å². The van der Waals surface area contributed by atoms with Crippen LogP contribution in [0.4, 0.5) is 0 Å². The number of nitrogens with two attached hydrogens (primary N) is 1. The molecule has 1 aromatic carbocycles. The van der Waals surface area contributed by atoms with E-state index < -0.39 is 0 Å². The van der Waals surface area contributed by atoms with Crippen LogP contribution < -0.4 is 5.73 Å². The van der Waals surface area contributed by atoms with Crippen LogP contribution in [0.2, 0.25) is 5.02 Å². The largest absolute Gasteiger partial charge is 0.329 e. The molecule has 2 unspecified atom stereocenters. The van der Waals surface area contributed by atoms with Crippen molar-refractivity contribution in [1.82, 2.24) is 4.90 Å². The van der Waals surface area contributed by atoms with E-state index in [2.05, 4.69) is 37.9 Å². The summed E-state index contributed by atoms with van der Waals surface area (Å²) >= 11 is 6.32. The highest BCUT2D eigenvalue weighted by Gasteiger charge is 2.39. The minimum atomic E-state index is 0.131. The first-order valence-electron chi connectivity index (χ1n) is 8.13. The van der Waals surface area contributed by atoms with Gasteiger partial charge < -0.3 is 5.73 Å². The van der Waals surface area contributed by atoms with Crippen molar-refractivity contribution in [3.63, 3.8) is 0 Å².